The van der Waals surface area contributed by atoms with Gasteiger partial charge < -0.3 is 14.8 Å². The fraction of sp³-hybridized carbons (Fsp3) is 0.571. The third-order valence-electron chi connectivity index (χ3n) is 2.64. The minimum absolute atomic E-state index is 0.0809. The Morgan fingerprint density at radius 2 is 2.06 bits per heavy atom. The van der Waals surface area contributed by atoms with Crippen molar-refractivity contribution in [2.24, 2.45) is 0 Å². The van der Waals surface area contributed by atoms with E-state index in [2.05, 4.69) is 34.2 Å². The Bertz CT molecular complexity index is 333. The molecule has 0 saturated carbocycles. The highest BCUT2D eigenvalue weighted by Gasteiger charge is 2.13. The monoisotopic (exact) mass is 315 g/mol. The first kappa shape index (κ1) is 15.6. The molecule has 0 aliphatic carbocycles. The molecule has 1 N–H and O–H groups in total. The Kier molecular flexibility index (Phi) is 8.25. The molecule has 1 unspecified atom stereocenters. The van der Waals surface area contributed by atoms with Crippen LogP contribution in [0.25, 0.3) is 0 Å². The zero-order chi connectivity index (χ0) is 13.2. The van der Waals surface area contributed by atoms with Crippen LogP contribution in [0.15, 0.2) is 28.7 Å². The first-order valence-corrected chi connectivity index (χ1v) is 7.14. The molecular formula is C14H22BrNO2. The van der Waals surface area contributed by atoms with Crippen LogP contribution in [0.3, 0.4) is 0 Å². The van der Waals surface area contributed by atoms with Crippen LogP contribution in [-0.2, 0) is 9.47 Å². The topological polar surface area (TPSA) is 30.5 Å². The second-order valence-electron chi connectivity index (χ2n) is 4.03. The van der Waals surface area contributed by atoms with Crippen molar-refractivity contribution in [3.8, 4) is 0 Å². The lowest BCUT2D eigenvalue weighted by Gasteiger charge is -2.20. The molecule has 1 aromatic carbocycles. The number of likely N-dealkylation sites (N-methyl/N-ethyl adjacent to an activating group) is 1. The van der Waals surface area contributed by atoms with E-state index in [0.29, 0.717) is 6.61 Å². The standard InChI is InChI=1S/C14H22BrNO2/c1-3-16-11-14(18-10-6-9-17-2)12-7-4-5-8-13(12)15/h4-5,7-8,14,16H,3,6,9-11H2,1-2H3. The predicted octanol–water partition coefficient (Wildman–Crippen LogP) is 3.15. The Morgan fingerprint density at radius 1 is 1.28 bits per heavy atom. The summed E-state index contributed by atoms with van der Waals surface area (Å²) in [7, 11) is 1.71. The highest BCUT2D eigenvalue weighted by Crippen LogP contribution is 2.25. The van der Waals surface area contributed by atoms with Crippen LogP contribution in [0.1, 0.15) is 25.0 Å². The summed E-state index contributed by atoms with van der Waals surface area (Å²) in [6.45, 7) is 5.33. The van der Waals surface area contributed by atoms with E-state index in [1.165, 1.54) is 5.56 Å². The number of methoxy groups -OCH3 is 1. The summed E-state index contributed by atoms with van der Waals surface area (Å²) in [5.74, 6) is 0. The van der Waals surface area contributed by atoms with E-state index in [4.69, 9.17) is 9.47 Å². The maximum absolute atomic E-state index is 5.94. The second-order valence-corrected chi connectivity index (χ2v) is 4.89. The number of benzene rings is 1. The van der Waals surface area contributed by atoms with E-state index < -0.39 is 0 Å². The molecule has 3 nitrogen and oxygen atoms in total. The smallest absolute Gasteiger partial charge is 0.0960 e. The summed E-state index contributed by atoms with van der Waals surface area (Å²) in [5.41, 5.74) is 1.19. The van der Waals surface area contributed by atoms with Crippen molar-refractivity contribution in [1.82, 2.24) is 5.32 Å². The molecule has 0 fully saturated rings. The molecule has 0 saturated heterocycles. The second kappa shape index (κ2) is 9.50. The third kappa shape index (κ3) is 5.48. The predicted molar refractivity (Wildman–Crippen MR) is 77.9 cm³/mol. The van der Waals surface area contributed by atoms with Gasteiger partial charge in [-0.25, -0.2) is 0 Å². The van der Waals surface area contributed by atoms with Crippen LogP contribution in [0.2, 0.25) is 0 Å². The molecule has 0 heterocycles. The molecule has 0 aliphatic heterocycles. The lowest BCUT2D eigenvalue weighted by atomic mass is 10.1. The van der Waals surface area contributed by atoms with Gasteiger partial charge in [-0.2, -0.15) is 0 Å². The zero-order valence-corrected chi connectivity index (χ0v) is 12.7. The van der Waals surface area contributed by atoms with Gasteiger partial charge in [0.2, 0.25) is 0 Å². The van der Waals surface area contributed by atoms with Gasteiger partial charge in [0.05, 0.1) is 6.10 Å². The zero-order valence-electron chi connectivity index (χ0n) is 11.1. The summed E-state index contributed by atoms with van der Waals surface area (Å²) in [6, 6.07) is 8.20. The molecule has 0 amide bonds. The minimum Gasteiger partial charge on any atom is -0.385 e. The van der Waals surface area contributed by atoms with Gasteiger partial charge in [0.25, 0.3) is 0 Å². The van der Waals surface area contributed by atoms with Gasteiger partial charge in [0.1, 0.15) is 0 Å². The molecule has 102 valence electrons. The molecule has 0 spiro atoms. The van der Waals surface area contributed by atoms with E-state index in [0.717, 1.165) is 30.6 Å². The molecule has 18 heavy (non-hydrogen) atoms. The first-order valence-electron chi connectivity index (χ1n) is 6.35. The Hall–Kier alpha value is -0.420. The Morgan fingerprint density at radius 3 is 2.72 bits per heavy atom. The lowest BCUT2D eigenvalue weighted by Crippen LogP contribution is -2.24. The van der Waals surface area contributed by atoms with Crippen molar-refractivity contribution in [2.45, 2.75) is 19.4 Å². The van der Waals surface area contributed by atoms with Gasteiger partial charge in [-0.05, 0) is 24.6 Å². The van der Waals surface area contributed by atoms with Gasteiger partial charge in [-0.15, -0.1) is 0 Å². The maximum atomic E-state index is 5.94. The third-order valence-corrected chi connectivity index (χ3v) is 3.37. The highest BCUT2D eigenvalue weighted by molar-refractivity contribution is 9.10. The summed E-state index contributed by atoms with van der Waals surface area (Å²) in [4.78, 5) is 0. The van der Waals surface area contributed by atoms with Crippen molar-refractivity contribution in [1.29, 1.82) is 0 Å². The van der Waals surface area contributed by atoms with E-state index in [1.807, 2.05) is 18.2 Å². The molecular weight excluding hydrogens is 294 g/mol. The average molecular weight is 316 g/mol. The van der Waals surface area contributed by atoms with Crippen LogP contribution < -0.4 is 5.32 Å². The van der Waals surface area contributed by atoms with Crippen LogP contribution in [0.5, 0.6) is 0 Å². The number of hydrogen-bond acceptors (Lipinski definition) is 3. The molecule has 0 aliphatic rings. The van der Waals surface area contributed by atoms with E-state index in [-0.39, 0.29) is 6.10 Å². The van der Waals surface area contributed by atoms with E-state index in [1.54, 1.807) is 7.11 Å². The molecule has 0 radical (unpaired) electrons. The molecule has 0 bridgehead atoms. The van der Waals surface area contributed by atoms with Crippen LogP contribution in [0.4, 0.5) is 0 Å². The fourth-order valence-corrected chi connectivity index (χ4v) is 2.24. The minimum atomic E-state index is 0.0809. The number of ether oxygens (including phenoxy) is 2. The Labute approximate surface area is 118 Å². The van der Waals surface area contributed by atoms with Crippen molar-refractivity contribution in [3.63, 3.8) is 0 Å². The molecule has 4 heteroatoms. The quantitative estimate of drug-likeness (QED) is 0.710. The van der Waals surface area contributed by atoms with Crippen LogP contribution >= 0.6 is 15.9 Å². The van der Waals surface area contributed by atoms with Crippen molar-refractivity contribution in [3.05, 3.63) is 34.3 Å². The number of halogens is 1. The molecule has 1 rings (SSSR count). The summed E-state index contributed by atoms with van der Waals surface area (Å²) in [5, 5.41) is 3.34. The van der Waals surface area contributed by atoms with Crippen LogP contribution in [-0.4, -0.2) is 33.4 Å². The van der Waals surface area contributed by atoms with E-state index in [9.17, 15) is 0 Å². The fourth-order valence-electron chi connectivity index (χ4n) is 1.70. The van der Waals surface area contributed by atoms with Gasteiger partial charge >= 0.3 is 0 Å². The van der Waals surface area contributed by atoms with Gasteiger partial charge in [-0.1, -0.05) is 41.1 Å². The lowest BCUT2D eigenvalue weighted by molar-refractivity contribution is 0.0387. The Balaban J connectivity index is 2.57. The van der Waals surface area contributed by atoms with Gasteiger partial charge in [0.15, 0.2) is 0 Å². The summed E-state index contributed by atoms with van der Waals surface area (Å²) in [6.07, 6.45) is 1.00. The first-order chi connectivity index (χ1) is 8.79. The highest BCUT2D eigenvalue weighted by atomic mass is 79.9. The van der Waals surface area contributed by atoms with Gasteiger partial charge in [0, 0.05) is 31.3 Å². The molecule has 1 atom stereocenters. The summed E-state index contributed by atoms with van der Waals surface area (Å²) < 4.78 is 12.1. The summed E-state index contributed by atoms with van der Waals surface area (Å²) >= 11 is 3.58. The van der Waals surface area contributed by atoms with Crippen molar-refractivity contribution < 1.29 is 9.47 Å². The number of hydrogen-bond donors (Lipinski definition) is 1. The molecule has 0 aromatic heterocycles. The number of rotatable bonds is 9. The average Bonchev–Trinajstić information content (AvgIpc) is 2.39. The SMILES string of the molecule is CCNCC(OCCCOC)c1ccccc1Br. The largest absolute Gasteiger partial charge is 0.385 e. The van der Waals surface area contributed by atoms with Crippen molar-refractivity contribution >= 4 is 15.9 Å². The van der Waals surface area contributed by atoms with Crippen molar-refractivity contribution in [2.75, 3.05) is 33.4 Å². The van der Waals surface area contributed by atoms with E-state index >= 15 is 0 Å². The number of nitrogens with one attached hydrogen (secondary N) is 1. The van der Waals surface area contributed by atoms with Crippen LogP contribution in [0, 0.1) is 0 Å². The normalized spacial score (nSPS) is 12.6. The molecule has 1 aromatic rings. The van der Waals surface area contributed by atoms with Gasteiger partial charge in [-0.3, -0.25) is 0 Å². The maximum Gasteiger partial charge on any atom is 0.0960 e.